The minimum absolute atomic E-state index is 0.134. The number of carboxylic acid groups (broad SMARTS) is 1. The first-order chi connectivity index (χ1) is 6.04. The molecule has 2 atom stereocenters. The maximum Gasteiger partial charge on any atom is 0.326 e. The van der Waals surface area contributed by atoms with Crippen LogP contribution in [0.3, 0.4) is 0 Å². The molecule has 1 heterocycles. The number of hydrogen-bond donors (Lipinski definition) is 1. The molecule has 1 aliphatic rings. The van der Waals surface area contributed by atoms with Crippen molar-refractivity contribution in [1.82, 2.24) is 4.90 Å². The van der Waals surface area contributed by atoms with Crippen LogP contribution in [0, 0.1) is 0 Å². The third kappa shape index (κ3) is 2.21. The van der Waals surface area contributed by atoms with Crippen molar-refractivity contribution in [3.63, 3.8) is 0 Å². The van der Waals surface area contributed by atoms with E-state index in [4.69, 9.17) is 5.11 Å². The van der Waals surface area contributed by atoms with Crippen LogP contribution >= 0.6 is 15.9 Å². The van der Waals surface area contributed by atoms with Crippen LogP contribution in [0.25, 0.3) is 0 Å². The number of nitrogens with zero attached hydrogens (tertiary/aromatic N) is 1. The molecule has 1 fully saturated rings. The van der Waals surface area contributed by atoms with Gasteiger partial charge in [-0.2, -0.15) is 0 Å². The summed E-state index contributed by atoms with van der Waals surface area (Å²) >= 11 is 3.14. The molecule has 1 saturated heterocycles. The second-order valence-electron chi connectivity index (χ2n) is 3.14. The fourth-order valence-electron chi connectivity index (χ4n) is 1.52. The summed E-state index contributed by atoms with van der Waals surface area (Å²) in [6.07, 6.45) is 1.35. The molecule has 4 nitrogen and oxygen atoms in total. The quantitative estimate of drug-likeness (QED) is 0.739. The van der Waals surface area contributed by atoms with E-state index in [1.807, 2.05) is 0 Å². The number of rotatable bonds is 2. The Morgan fingerprint density at radius 3 is 2.69 bits per heavy atom. The van der Waals surface area contributed by atoms with Crippen LogP contribution in [-0.2, 0) is 9.59 Å². The molecule has 1 aliphatic heterocycles. The van der Waals surface area contributed by atoms with Crippen LogP contribution in [0.4, 0.5) is 0 Å². The van der Waals surface area contributed by atoms with E-state index >= 15 is 0 Å². The lowest BCUT2D eigenvalue weighted by atomic mass is 10.2. The molecule has 1 N–H and O–H groups in total. The van der Waals surface area contributed by atoms with Gasteiger partial charge in [0.1, 0.15) is 6.04 Å². The van der Waals surface area contributed by atoms with Gasteiger partial charge < -0.3 is 10.0 Å². The van der Waals surface area contributed by atoms with Crippen molar-refractivity contribution in [3.05, 3.63) is 0 Å². The number of halogens is 1. The number of carbonyl (C=O) groups is 2. The third-order valence-electron chi connectivity index (χ3n) is 2.16. The minimum Gasteiger partial charge on any atom is -0.480 e. The van der Waals surface area contributed by atoms with Gasteiger partial charge in [0.25, 0.3) is 0 Å². The first kappa shape index (κ1) is 10.5. The number of alkyl halides is 1. The molecule has 0 saturated carbocycles. The molecule has 0 radical (unpaired) electrons. The van der Waals surface area contributed by atoms with E-state index in [1.165, 1.54) is 4.90 Å². The highest BCUT2D eigenvalue weighted by Crippen LogP contribution is 2.19. The van der Waals surface area contributed by atoms with Gasteiger partial charge >= 0.3 is 5.97 Å². The molecule has 0 aromatic carbocycles. The van der Waals surface area contributed by atoms with Crippen molar-refractivity contribution in [2.45, 2.75) is 30.6 Å². The monoisotopic (exact) mass is 249 g/mol. The SMILES string of the molecule is C[C@@H](Br)C(=O)N1CCC[C@H]1C(=O)O. The highest BCUT2D eigenvalue weighted by molar-refractivity contribution is 9.10. The van der Waals surface area contributed by atoms with Gasteiger partial charge in [-0.25, -0.2) is 4.79 Å². The number of aliphatic carboxylic acids is 1. The van der Waals surface area contributed by atoms with Crippen LogP contribution in [-0.4, -0.2) is 39.3 Å². The Morgan fingerprint density at radius 1 is 1.62 bits per heavy atom. The summed E-state index contributed by atoms with van der Waals surface area (Å²) in [4.78, 5) is 23.3. The van der Waals surface area contributed by atoms with E-state index in [0.717, 1.165) is 6.42 Å². The summed E-state index contributed by atoms with van der Waals surface area (Å²) in [5.41, 5.74) is 0. The van der Waals surface area contributed by atoms with Gasteiger partial charge in [0.15, 0.2) is 0 Å². The van der Waals surface area contributed by atoms with E-state index in [9.17, 15) is 9.59 Å². The van der Waals surface area contributed by atoms with Gasteiger partial charge in [0.2, 0.25) is 5.91 Å². The van der Waals surface area contributed by atoms with Gasteiger partial charge in [-0.1, -0.05) is 15.9 Å². The Bertz CT molecular complexity index is 229. The summed E-state index contributed by atoms with van der Waals surface area (Å²) in [7, 11) is 0. The molecule has 74 valence electrons. The van der Waals surface area contributed by atoms with Gasteiger partial charge in [-0.15, -0.1) is 0 Å². The van der Waals surface area contributed by atoms with E-state index in [-0.39, 0.29) is 10.7 Å². The van der Waals surface area contributed by atoms with Gasteiger partial charge in [0, 0.05) is 6.54 Å². The first-order valence-corrected chi connectivity index (χ1v) is 5.13. The van der Waals surface area contributed by atoms with Gasteiger partial charge in [-0.05, 0) is 19.8 Å². The standard InChI is InChI=1S/C8H12BrNO3/c1-5(9)7(11)10-4-2-3-6(10)8(12)13/h5-6H,2-4H2,1H3,(H,12,13)/t5-,6+/m1/s1. The van der Waals surface area contributed by atoms with E-state index in [1.54, 1.807) is 6.92 Å². The summed E-state index contributed by atoms with van der Waals surface area (Å²) in [5, 5.41) is 8.81. The maximum absolute atomic E-state index is 11.5. The Labute approximate surface area is 85.0 Å². The molecule has 5 heteroatoms. The molecule has 0 aromatic rings. The number of amides is 1. The zero-order valence-electron chi connectivity index (χ0n) is 7.36. The van der Waals surface area contributed by atoms with Crippen LogP contribution in [0.15, 0.2) is 0 Å². The molecular weight excluding hydrogens is 238 g/mol. The predicted octanol–water partition coefficient (Wildman–Crippen LogP) is 0.845. The lowest BCUT2D eigenvalue weighted by Crippen LogP contribution is -2.43. The molecular formula is C8H12BrNO3. The molecule has 0 spiro atoms. The van der Waals surface area contributed by atoms with Crippen LogP contribution in [0.2, 0.25) is 0 Å². The largest absolute Gasteiger partial charge is 0.480 e. The first-order valence-electron chi connectivity index (χ1n) is 4.21. The molecule has 0 unspecified atom stereocenters. The van der Waals surface area contributed by atoms with Crippen molar-refractivity contribution in [2.24, 2.45) is 0 Å². The molecule has 1 rings (SSSR count). The van der Waals surface area contributed by atoms with Gasteiger partial charge in [0.05, 0.1) is 4.83 Å². The normalized spacial score (nSPS) is 24.5. The van der Waals surface area contributed by atoms with Crippen molar-refractivity contribution < 1.29 is 14.7 Å². The van der Waals surface area contributed by atoms with Crippen molar-refractivity contribution in [2.75, 3.05) is 6.54 Å². The minimum atomic E-state index is -0.904. The van der Waals surface area contributed by atoms with Crippen molar-refractivity contribution in [3.8, 4) is 0 Å². The third-order valence-corrected chi connectivity index (χ3v) is 2.55. The fraction of sp³-hybridized carbons (Fsp3) is 0.750. The fourth-order valence-corrected chi connectivity index (χ4v) is 1.78. The molecule has 13 heavy (non-hydrogen) atoms. The van der Waals surface area contributed by atoms with E-state index in [0.29, 0.717) is 13.0 Å². The smallest absolute Gasteiger partial charge is 0.326 e. The molecule has 1 amide bonds. The maximum atomic E-state index is 11.5. The second kappa shape index (κ2) is 4.09. The number of likely N-dealkylation sites (tertiary alicyclic amines) is 1. The highest BCUT2D eigenvalue weighted by atomic mass is 79.9. The van der Waals surface area contributed by atoms with Crippen molar-refractivity contribution >= 4 is 27.8 Å². The number of carboxylic acids is 1. The lowest BCUT2D eigenvalue weighted by Gasteiger charge is -2.22. The zero-order chi connectivity index (χ0) is 10.0. The number of hydrogen-bond acceptors (Lipinski definition) is 2. The zero-order valence-corrected chi connectivity index (χ0v) is 8.95. The number of carbonyl (C=O) groups excluding carboxylic acids is 1. The lowest BCUT2D eigenvalue weighted by molar-refractivity contribution is -0.147. The van der Waals surface area contributed by atoms with Gasteiger partial charge in [-0.3, -0.25) is 4.79 Å². The second-order valence-corrected chi connectivity index (χ2v) is 4.52. The molecule has 0 bridgehead atoms. The summed E-state index contributed by atoms with van der Waals surface area (Å²) in [5.74, 6) is -1.04. The summed E-state index contributed by atoms with van der Waals surface area (Å²) in [6, 6.07) is -0.618. The van der Waals surface area contributed by atoms with Crippen LogP contribution in [0.5, 0.6) is 0 Å². The predicted molar refractivity (Wildman–Crippen MR) is 50.8 cm³/mol. The van der Waals surface area contributed by atoms with E-state index < -0.39 is 12.0 Å². The van der Waals surface area contributed by atoms with Crippen molar-refractivity contribution in [1.29, 1.82) is 0 Å². The Morgan fingerprint density at radius 2 is 2.23 bits per heavy atom. The Kier molecular flexibility index (Phi) is 3.30. The average Bonchev–Trinajstić information content (AvgIpc) is 2.50. The molecule has 0 aliphatic carbocycles. The average molecular weight is 250 g/mol. The van der Waals surface area contributed by atoms with Crippen LogP contribution in [0.1, 0.15) is 19.8 Å². The Balaban J connectivity index is 2.68. The summed E-state index contributed by atoms with van der Waals surface area (Å²) < 4.78 is 0. The van der Waals surface area contributed by atoms with E-state index in [2.05, 4.69) is 15.9 Å². The topological polar surface area (TPSA) is 57.6 Å². The summed E-state index contributed by atoms with van der Waals surface area (Å²) in [6.45, 7) is 2.27. The molecule has 0 aromatic heterocycles. The van der Waals surface area contributed by atoms with Crippen LogP contribution < -0.4 is 0 Å². The highest BCUT2D eigenvalue weighted by Gasteiger charge is 2.34. The Hall–Kier alpha value is -0.580.